The summed E-state index contributed by atoms with van der Waals surface area (Å²) in [6.07, 6.45) is 0. The van der Waals surface area contributed by atoms with Gasteiger partial charge in [-0.05, 0) is 43.2 Å². The third-order valence-corrected chi connectivity index (χ3v) is 3.63. The molecule has 7 heteroatoms. The number of aryl methyl sites for hydroxylation is 1. The molecule has 0 saturated carbocycles. The summed E-state index contributed by atoms with van der Waals surface area (Å²) >= 11 is 0. The molecule has 2 aromatic carbocycles. The van der Waals surface area contributed by atoms with Crippen molar-refractivity contribution in [2.45, 2.75) is 20.4 Å². The van der Waals surface area contributed by atoms with E-state index in [1.807, 2.05) is 31.2 Å². The predicted octanol–water partition coefficient (Wildman–Crippen LogP) is 4.35. The summed E-state index contributed by atoms with van der Waals surface area (Å²) in [7, 11) is 3.30. The summed E-state index contributed by atoms with van der Waals surface area (Å²) in [5, 5.41) is 6.41. The summed E-state index contributed by atoms with van der Waals surface area (Å²) in [4.78, 5) is 4.20. The fourth-order valence-corrected chi connectivity index (χ4v) is 2.34. The number of halogens is 2. The number of nitrogens with one attached hydrogen (secondary N) is 2. The number of aliphatic imine (C=N–C) groups is 1. The van der Waals surface area contributed by atoms with Gasteiger partial charge in [0.05, 0.1) is 13.7 Å². The van der Waals surface area contributed by atoms with Gasteiger partial charge in [-0.2, -0.15) is 0 Å². The molecule has 0 atom stereocenters. The molecule has 0 aliphatic rings. The number of hydrogen-bond acceptors (Lipinski definition) is 3. The fourth-order valence-electron chi connectivity index (χ4n) is 2.34. The van der Waals surface area contributed by atoms with Crippen LogP contribution < -0.4 is 20.1 Å². The molecular weight excluding hydrogens is 448 g/mol. The van der Waals surface area contributed by atoms with Crippen LogP contribution in [-0.4, -0.2) is 26.7 Å². The molecule has 0 fully saturated rings. The number of ether oxygens (including phenoxy) is 2. The maximum Gasteiger partial charge on any atom is 0.195 e. The van der Waals surface area contributed by atoms with Gasteiger partial charge >= 0.3 is 0 Å². The zero-order valence-corrected chi connectivity index (χ0v) is 17.8. The molecule has 0 heterocycles. The molecule has 2 aromatic rings. The van der Waals surface area contributed by atoms with Crippen LogP contribution in [0.5, 0.6) is 11.5 Å². The first-order chi connectivity index (χ1) is 12.1. The van der Waals surface area contributed by atoms with E-state index in [2.05, 4.69) is 15.6 Å². The van der Waals surface area contributed by atoms with Crippen LogP contribution in [-0.2, 0) is 6.54 Å². The predicted molar refractivity (Wildman–Crippen MR) is 115 cm³/mol. The van der Waals surface area contributed by atoms with Crippen LogP contribution in [0.3, 0.4) is 0 Å². The van der Waals surface area contributed by atoms with Gasteiger partial charge in [-0.15, -0.1) is 24.0 Å². The molecule has 0 radical (unpaired) electrons. The van der Waals surface area contributed by atoms with E-state index in [9.17, 15) is 4.39 Å². The van der Waals surface area contributed by atoms with Crippen molar-refractivity contribution in [3.05, 3.63) is 53.3 Å². The monoisotopic (exact) mass is 473 g/mol. The van der Waals surface area contributed by atoms with Crippen molar-refractivity contribution >= 4 is 35.6 Å². The van der Waals surface area contributed by atoms with E-state index in [0.29, 0.717) is 36.2 Å². The van der Waals surface area contributed by atoms with E-state index in [4.69, 9.17) is 9.47 Å². The van der Waals surface area contributed by atoms with Crippen molar-refractivity contribution in [3.8, 4) is 11.5 Å². The second-order valence-electron chi connectivity index (χ2n) is 5.43. The Bertz CT molecular complexity index is 754. The van der Waals surface area contributed by atoms with Gasteiger partial charge in [-0.1, -0.05) is 12.1 Å². The second-order valence-corrected chi connectivity index (χ2v) is 5.43. The summed E-state index contributed by atoms with van der Waals surface area (Å²) in [5.41, 5.74) is 2.43. The smallest absolute Gasteiger partial charge is 0.195 e. The number of methoxy groups -OCH3 is 1. The number of nitrogens with zero attached hydrogens (tertiary/aromatic N) is 1. The Kier molecular flexibility index (Phi) is 9.18. The minimum atomic E-state index is -0.201. The number of guanidine groups is 1. The summed E-state index contributed by atoms with van der Waals surface area (Å²) in [6.45, 7) is 4.76. The van der Waals surface area contributed by atoms with Gasteiger partial charge in [0.1, 0.15) is 5.82 Å². The van der Waals surface area contributed by atoms with Crippen LogP contribution in [0.1, 0.15) is 18.1 Å². The number of hydrogen-bond donors (Lipinski definition) is 2. The van der Waals surface area contributed by atoms with Crippen LogP contribution in [0.2, 0.25) is 0 Å². The molecule has 2 N–H and O–H groups in total. The highest BCUT2D eigenvalue weighted by molar-refractivity contribution is 14.0. The quantitative estimate of drug-likeness (QED) is 0.372. The zero-order valence-electron chi connectivity index (χ0n) is 15.4. The normalized spacial score (nSPS) is 10.7. The Labute approximate surface area is 171 Å². The third-order valence-electron chi connectivity index (χ3n) is 3.63. The van der Waals surface area contributed by atoms with Gasteiger partial charge in [0.25, 0.3) is 0 Å². The average molecular weight is 473 g/mol. The van der Waals surface area contributed by atoms with E-state index < -0.39 is 0 Å². The molecule has 0 saturated heterocycles. The lowest BCUT2D eigenvalue weighted by molar-refractivity contribution is 0.311. The molecule has 2 rings (SSSR count). The van der Waals surface area contributed by atoms with E-state index in [0.717, 1.165) is 11.3 Å². The summed E-state index contributed by atoms with van der Waals surface area (Å²) in [5.74, 6) is 1.75. The fraction of sp³-hybridized carbons (Fsp3) is 0.316. The molecule has 0 spiro atoms. The topological polar surface area (TPSA) is 54.9 Å². The molecule has 0 aliphatic carbocycles. The minimum absolute atomic E-state index is 0. The Morgan fingerprint density at radius 3 is 2.54 bits per heavy atom. The molecule has 5 nitrogen and oxygen atoms in total. The second kappa shape index (κ2) is 10.8. The van der Waals surface area contributed by atoms with Crippen LogP contribution in [0, 0.1) is 12.7 Å². The molecule has 26 heavy (non-hydrogen) atoms. The van der Waals surface area contributed by atoms with Gasteiger partial charge in [0.15, 0.2) is 17.5 Å². The Balaban J connectivity index is 0.00000338. The van der Waals surface area contributed by atoms with Gasteiger partial charge in [0, 0.05) is 25.3 Å². The molecule has 0 bridgehead atoms. The Hall–Kier alpha value is -2.03. The molecular formula is C19H25FIN3O2. The molecule has 0 aromatic heterocycles. The minimum Gasteiger partial charge on any atom is -0.493 e. The Morgan fingerprint density at radius 2 is 1.92 bits per heavy atom. The number of benzene rings is 2. The third kappa shape index (κ3) is 6.05. The SMILES string of the molecule is CCOc1cc(NC(=NC)NCc2ccc(F)c(C)c2)ccc1OC.I. The number of rotatable bonds is 6. The number of anilines is 1. The first kappa shape index (κ1) is 22.0. The largest absolute Gasteiger partial charge is 0.493 e. The lowest BCUT2D eigenvalue weighted by atomic mass is 10.1. The molecule has 0 aliphatic heterocycles. The standard InChI is InChI=1S/C19H24FN3O2.HI/c1-5-25-18-11-15(7-9-17(18)24-4)23-19(21-3)22-12-14-6-8-16(20)13(2)10-14;/h6-11H,5,12H2,1-4H3,(H2,21,22,23);1H. The van der Waals surface area contributed by atoms with Crippen LogP contribution in [0.4, 0.5) is 10.1 Å². The van der Waals surface area contributed by atoms with E-state index >= 15 is 0 Å². The van der Waals surface area contributed by atoms with Crippen molar-refractivity contribution in [3.63, 3.8) is 0 Å². The first-order valence-corrected chi connectivity index (χ1v) is 8.11. The van der Waals surface area contributed by atoms with E-state index in [1.54, 1.807) is 27.1 Å². The first-order valence-electron chi connectivity index (χ1n) is 8.11. The van der Waals surface area contributed by atoms with Crippen LogP contribution >= 0.6 is 24.0 Å². The highest BCUT2D eigenvalue weighted by Gasteiger charge is 2.07. The lowest BCUT2D eigenvalue weighted by Crippen LogP contribution is -2.30. The summed E-state index contributed by atoms with van der Waals surface area (Å²) in [6, 6.07) is 10.6. The lowest BCUT2D eigenvalue weighted by Gasteiger charge is -2.15. The van der Waals surface area contributed by atoms with Crippen molar-refractivity contribution in [1.82, 2.24) is 5.32 Å². The van der Waals surface area contributed by atoms with E-state index in [1.165, 1.54) is 6.07 Å². The van der Waals surface area contributed by atoms with Gasteiger partial charge in [0.2, 0.25) is 0 Å². The summed E-state index contributed by atoms with van der Waals surface area (Å²) < 4.78 is 24.2. The van der Waals surface area contributed by atoms with Gasteiger partial charge in [-0.3, -0.25) is 4.99 Å². The van der Waals surface area contributed by atoms with Crippen molar-refractivity contribution in [2.24, 2.45) is 4.99 Å². The van der Waals surface area contributed by atoms with E-state index in [-0.39, 0.29) is 29.8 Å². The van der Waals surface area contributed by atoms with Crippen molar-refractivity contribution in [1.29, 1.82) is 0 Å². The van der Waals surface area contributed by atoms with Crippen molar-refractivity contribution in [2.75, 3.05) is 26.1 Å². The zero-order chi connectivity index (χ0) is 18.2. The van der Waals surface area contributed by atoms with Crippen LogP contribution in [0.15, 0.2) is 41.4 Å². The Morgan fingerprint density at radius 1 is 1.15 bits per heavy atom. The maximum atomic E-state index is 13.3. The highest BCUT2D eigenvalue weighted by Crippen LogP contribution is 2.30. The maximum absolute atomic E-state index is 13.3. The molecule has 0 unspecified atom stereocenters. The molecule has 0 amide bonds. The highest BCUT2D eigenvalue weighted by atomic mass is 127. The van der Waals surface area contributed by atoms with Crippen molar-refractivity contribution < 1.29 is 13.9 Å². The molecule has 142 valence electrons. The van der Waals surface area contributed by atoms with Gasteiger partial charge in [-0.25, -0.2) is 4.39 Å². The van der Waals surface area contributed by atoms with Gasteiger partial charge < -0.3 is 20.1 Å². The van der Waals surface area contributed by atoms with Crippen LogP contribution in [0.25, 0.3) is 0 Å². The average Bonchev–Trinajstić information content (AvgIpc) is 2.62.